The average molecular weight is 610 g/mol. The molecule has 0 saturated carbocycles. The lowest BCUT2D eigenvalue weighted by atomic mass is 10.0. The molecule has 2 aromatic carbocycles. The molecule has 0 atom stereocenters. The van der Waals surface area contributed by atoms with E-state index in [1.165, 1.54) is 23.9 Å². The predicted octanol–water partition coefficient (Wildman–Crippen LogP) is 5.19. The third kappa shape index (κ3) is 7.43. The molecule has 1 fully saturated rings. The van der Waals surface area contributed by atoms with Crippen LogP contribution in [0.2, 0.25) is 0 Å². The molecule has 2 aromatic rings. The molecule has 6 N–H and O–H groups in total. The summed E-state index contributed by atoms with van der Waals surface area (Å²) in [5, 5.41) is 6.80. The molecule has 2 heterocycles. The minimum absolute atomic E-state index is 0. The third-order valence-electron chi connectivity index (χ3n) is 6.42. The van der Waals surface area contributed by atoms with Gasteiger partial charge in [0.2, 0.25) is 0 Å². The first-order valence-corrected chi connectivity index (χ1v) is 13.5. The van der Waals surface area contributed by atoms with Crippen molar-refractivity contribution in [1.29, 1.82) is 0 Å². The van der Waals surface area contributed by atoms with Crippen molar-refractivity contribution in [1.82, 2.24) is 9.80 Å². The summed E-state index contributed by atoms with van der Waals surface area (Å²) in [5.74, 6) is 0. The fourth-order valence-electron chi connectivity index (χ4n) is 4.54. The molecule has 0 aromatic heterocycles. The van der Waals surface area contributed by atoms with E-state index in [-0.39, 0.29) is 18.4 Å². The Hall–Kier alpha value is -1.21. The van der Waals surface area contributed by atoms with E-state index < -0.39 is 11.7 Å². The van der Waals surface area contributed by atoms with Crippen LogP contribution in [-0.4, -0.2) is 68.2 Å². The lowest BCUT2D eigenvalue weighted by Gasteiger charge is -2.35. The topological polar surface area (TPSA) is 82.6 Å². The van der Waals surface area contributed by atoms with Gasteiger partial charge in [-0.25, -0.2) is 0 Å². The second kappa shape index (κ2) is 13.0. The fraction of sp³-hybridized carbons (Fsp3) is 0.500. The highest BCUT2D eigenvalue weighted by molar-refractivity contribution is 9.10. The zero-order valence-corrected chi connectivity index (χ0v) is 23.1. The number of likely N-dealkylation sites (tertiary alicyclic amines) is 1. The van der Waals surface area contributed by atoms with Crippen molar-refractivity contribution in [2.24, 2.45) is 11.5 Å². The van der Waals surface area contributed by atoms with Gasteiger partial charge in [-0.15, -0.1) is 12.4 Å². The summed E-state index contributed by atoms with van der Waals surface area (Å²) < 4.78 is 42.0. The number of rotatable bonds is 9. The fourth-order valence-corrected chi connectivity index (χ4v) is 6.16. The van der Waals surface area contributed by atoms with Crippen LogP contribution in [0.5, 0.6) is 0 Å². The summed E-state index contributed by atoms with van der Waals surface area (Å²) in [5.41, 5.74) is 12.9. The Bertz CT molecular complexity index is 1010. The number of halogens is 5. The van der Waals surface area contributed by atoms with E-state index in [4.69, 9.17) is 11.5 Å². The van der Waals surface area contributed by atoms with Crippen molar-refractivity contribution in [3.8, 4) is 0 Å². The van der Waals surface area contributed by atoms with Crippen molar-refractivity contribution < 1.29 is 13.2 Å². The molecule has 200 valence electrons. The number of fused-ring (bicyclic) bond motifs is 2. The van der Waals surface area contributed by atoms with Gasteiger partial charge in [0.15, 0.2) is 0 Å². The summed E-state index contributed by atoms with van der Waals surface area (Å²) in [4.78, 5) is 6.15. The normalized spacial score (nSPS) is 16.2. The van der Waals surface area contributed by atoms with E-state index in [1.807, 2.05) is 18.2 Å². The molecule has 4 rings (SSSR count). The summed E-state index contributed by atoms with van der Waals surface area (Å²) in [6, 6.07) is 8.36. The third-order valence-corrected chi connectivity index (χ3v) is 8.02. The molecule has 2 aliphatic rings. The SMILES string of the molecule is Cl.NCCN(CCN)CCN1CCC(Nc2cc(C(F)(F)F)cc3c2Nc2ccc(Br)cc2S3)CC1. The van der Waals surface area contributed by atoms with E-state index >= 15 is 0 Å². The van der Waals surface area contributed by atoms with E-state index in [9.17, 15) is 13.2 Å². The lowest BCUT2D eigenvalue weighted by Crippen LogP contribution is -2.44. The van der Waals surface area contributed by atoms with Crippen LogP contribution in [-0.2, 0) is 6.18 Å². The molecule has 36 heavy (non-hydrogen) atoms. The molecule has 1 saturated heterocycles. The van der Waals surface area contributed by atoms with Crippen LogP contribution in [0.1, 0.15) is 18.4 Å². The molecule has 12 heteroatoms. The molecule has 0 amide bonds. The van der Waals surface area contributed by atoms with Gasteiger partial charge in [0, 0.05) is 72.7 Å². The van der Waals surface area contributed by atoms with Crippen LogP contribution >= 0.6 is 40.1 Å². The molecule has 2 aliphatic heterocycles. The van der Waals surface area contributed by atoms with Gasteiger partial charge in [0.1, 0.15) is 0 Å². The highest BCUT2D eigenvalue weighted by Gasteiger charge is 2.34. The van der Waals surface area contributed by atoms with Gasteiger partial charge >= 0.3 is 6.18 Å². The lowest BCUT2D eigenvalue weighted by molar-refractivity contribution is -0.137. The van der Waals surface area contributed by atoms with Crippen molar-refractivity contribution in [2.75, 3.05) is 63.0 Å². The number of nitrogens with zero attached hydrogens (tertiary/aromatic N) is 2. The maximum absolute atomic E-state index is 13.7. The molecule has 0 radical (unpaired) electrons. The zero-order valence-electron chi connectivity index (χ0n) is 19.9. The van der Waals surface area contributed by atoms with Gasteiger partial charge in [0.05, 0.1) is 22.6 Å². The highest BCUT2D eigenvalue weighted by atomic mass is 79.9. The van der Waals surface area contributed by atoms with Gasteiger partial charge in [-0.1, -0.05) is 27.7 Å². The van der Waals surface area contributed by atoms with Gasteiger partial charge in [0.25, 0.3) is 0 Å². The van der Waals surface area contributed by atoms with Crippen LogP contribution in [0.15, 0.2) is 44.6 Å². The Morgan fingerprint density at radius 2 is 1.75 bits per heavy atom. The minimum atomic E-state index is -4.41. The van der Waals surface area contributed by atoms with Gasteiger partial charge < -0.3 is 27.0 Å². The van der Waals surface area contributed by atoms with E-state index in [2.05, 4.69) is 36.4 Å². The van der Waals surface area contributed by atoms with Gasteiger partial charge in [-0.2, -0.15) is 13.2 Å². The van der Waals surface area contributed by atoms with Crippen molar-refractivity contribution in [3.63, 3.8) is 0 Å². The van der Waals surface area contributed by atoms with Crippen LogP contribution in [0.3, 0.4) is 0 Å². The molecule has 0 spiro atoms. The number of alkyl halides is 3. The molecular weight excluding hydrogens is 577 g/mol. The predicted molar refractivity (Wildman–Crippen MR) is 148 cm³/mol. The van der Waals surface area contributed by atoms with Crippen molar-refractivity contribution in [3.05, 3.63) is 40.4 Å². The molecule has 0 bridgehead atoms. The first kappa shape index (κ1) is 29.3. The number of hydrogen-bond donors (Lipinski definition) is 4. The Morgan fingerprint density at radius 1 is 1.06 bits per heavy atom. The summed E-state index contributed by atoms with van der Waals surface area (Å²) in [6.45, 7) is 6.55. The van der Waals surface area contributed by atoms with Crippen molar-refractivity contribution >= 4 is 57.2 Å². The van der Waals surface area contributed by atoms with Crippen molar-refractivity contribution in [2.45, 2.75) is 34.9 Å². The summed E-state index contributed by atoms with van der Waals surface area (Å²) >= 11 is 4.80. The van der Waals surface area contributed by atoms with Crippen LogP contribution in [0.25, 0.3) is 0 Å². The van der Waals surface area contributed by atoms with Crippen LogP contribution < -0.4 is 22.1 Å². The molecule has 6 nitrogen and oxygen atoms in total. The molecule has 0 unspecified atom stereocenters. The first-order chi connectivity index (χ1) is 16.8. The number of nitrogens with two attached hydrogens (primary N) is 2. The molecular formula is C24H33BrClF3N6S. The second-order valence-corrected chi connectivity index (χ2v) is 10.9. The Labute approximate surface area is 229 Å². The quantitative estimate of drug-likeness (QED) is 0.266. The number of piperidine rings is 1. The standard InChI is InChI=1S/C24H32BrF3N6S.ClH/c25-17-1-2-19-21(15-17)35-22-14-16(24(26,27)28)13-20(23(22)32-19)31-18-3-7-33(8-4-18)11-12-34(9-5-29)10-6-30;/h1-2,13-15,18,31-32H,3-12,29-30H2;1H. The first-order valence-electron chi connectivity index (χ1n) is 11.9. The average Bonchev–Trinajstić information content (AvgIpc) is 2.82. The van der Waals surface area contributed by atoms with E-state index in [0.29, 0.717) is 29.4 Å². The van der Waals surface area contributed by atoms with Gasteiger partial charge in [-0.05, 0) is 43.2 Å². The Balaban J connectivity index is 0.00000361. The maximum atomic E-state index is 13.7. The summed E-state index contributed by atoms with van der Waals surface area (Å²) in [6.07, 6.45) is -2.67. The number of hydrogen-bond acceptors (Lipinski definition) is 7. The van der Waals surface area contributed by atoms with Crippen LogP contribution in [0, 0.1) is 0 Å². The largest absolute Gasteiger partial charge is 0.416 e. The van der Waals surface area contributed by atoms with E-state index in [1.54, 1.807) is 0 Å². The molecule has 0 aliphatic carbocycles. The Kier molecular flexibility index (Phi) is 10.6. The minimum Gasteiger partial charge on any atom is -0.380 e. The smallest absolute Gasteiger partial charge is 0.380 e. The number of benzene rings is 2. The van der Waals surface area contributed by atoms with E-state index in [0.717, 1.165) is 67.2 Å². The van der Waals surface area contributed by atoms with Gasteiger partial charge in [-0.3, -0.25) is 4.90 Å². The monoisotopic (exact) mass is 608 g/mol. The second-order valence-electron chi connectivity index (χ2n) is 8.94. The Morgan fingerprint density at radius 3 is 2.39 bits per heavy atom. The summed E-state index contributed by atoms with van der Waals surface area (Å²) in [7, 11) is 0. The maximum Gasteiger partial charge on any atom is 0.416 e. The number of anilines is 3. The highest BCUT2D eigenvalue weighted by Crippen LogP contribution is 2.50. The zero-order chi connectivity index (χ0) is 25.0. The number of nitrogens with one attached hydrogen (secondary N) is 2. The van der Waals surface area contributed by atoms with Crippen LogP contribution in [0.4, 0.5) is 30.2 Å².